The van der Waals surface area contributed by atoms with Crippen LogP contribution in [0.15, 0.2) is 28.7 Å². The zero-order chi connectivity index (χ0) is 20.2. The van der Waals surface area contributed by atoms with Crippen molar-refractivity contribution >= 4 is 11.9 Å². The van der Waals surface area contributed by atoms with Crippen LogP contribution in [0.3, 0.4) is 0 Å². The molecule has 1 aromatic carbocycles. The van der Waals surface area contributed by atoms with Crippen molar-refractivity contribution in [3.8, 4) is 11.5 Å². The summed E-state index contributed by atoms with van der Waals surface area (Å²) in [5.41, 5.74) is 0.576. The van der Waals surface area contributed by atoms with Crippen molar-refractivity contribution in [2.45, 2.75) is 32.6 Å². The topological polar surface area (TPSA) is 98.0 Å². The summed E-state index contributed by atoms with van der Waals surface area (Å²) in [7, 11) is 3.14. The highest BCUT2D eigenvalue weighted by atomic mass is 16.5. The first-order chi connectivity index (χ1) is 12.7. The summed E-state index contributed by atoms with van der Waals surface area (Å²) in [5, 5.41) is 12.0. The Morgan fingerprint density at radius 2 is 1.81 bits per heavy atom. The van der Waals surface area contributed by atoms with Gasteiger partial charge in [-0.1, -0.05) is 26.8 Å². The lowest BCUT2D eigenvalue weighted by molar-refractivity contribution is 0.0694. The van der Waals surface area contributed by atoms with Crippen LogP contribution in [-0.4, -0.2) is 37.7 Å². The molecule has 1 amide bonds. The van der Waals surface area contributed by atoms with Crippen molar-refractivity contribution in [1.82, 2.24) is 5.32 Å². The van der Waals surface area contributed by atoms with E-state index in [4.69, 9.17) is 13.9 Å². The molecule has 2 aromatic rings. The van der Waals surface area contributed by atoms with Gasteiger partial charge in [0.05, 0.1) is 14.2 Å². The van der Waals surface area contributed by atoms with Gasteiger partial charge in [0.2, 0.25) is 0 Å². The maximum Gasteiger partial charge on any atom is 0.339 e. The molecule has 0 aliphatic rings. The van der Waals surface area contributed by atoms with Crippen molar-refractivity contribution in [2.24, 2.45) is 0 Å². The van der Waals surface area contributed by atoms with Gasteiger partial charge in [-0.25, -0.2) is 4.79 Å². The monoisotopic (exact) mass is 375 g/mol. The van der Waals surface area contributed by atoms with E-state index >= 15 is 0 Å². The number of carbonyl (C=O) groups is 2. The SMILES string of the molecule is CCc1oc(C(=O)NCC(C)(C)c2ccc(OC)c(OC)c2)cc1C(=O)O. The summed E-state index contributed by atoms with van der Waals surface area (Å²) in [6.07, 6.45) is 0.395. The Labute approximate surface area is 158 Å². The van der Waals surface area contributed by atoms with Crippen molar-refractivity contribution in [2.75, 3.05) is 20.8 Å². The average molecular weight is 375 g/mol. The number of carboxylic acids is 1. The van der Waals surface area contributed by atoms with Gasteiger partial charge in [-0.3, -0.25) is 4.79 Å². The highest BCUT2D eigenvalue weighted by Gasteiger charge is 2.25. The first kappa shape index (κ1) is 20.4. The molecule has 2 N–H and O–H groups in total. The molecule has 1 aromatic heterocycles. The smallest absolute Gasteiger partial charge is 0.339 e. The quantitative estimate of drug-likeness (QED) is 0.735. The van der Waals surface area contributed by atoms with E-state index in [1.165, 1.54) is 6.07 Å². The third-order valence-corrected chi connectivity index (χ3v) is 4.44. The van der Waals surface area contributed by atoms with Gasteiger partial charge in [-0.15, -0.1) is 0 Å². The number of ether oxygens (including phenoxy) is 2. The second-order valence-electron chi connectivity index (χ2n) is 6.74. The third kappa shape index (κ3) is 4.42. The molecule has 7 heteroatoms. The number of carbonyl (C=O) groups excluding carboxylic acids is 1. The molecule has 0 bridgehead atoms. The summed E-state index contributed by atoms with van der Waals surface area (Å²) < 4.78 is 16.0. The summed E-state index contributed by atoms with van der Waals surface area (Å²) in [6.45, 7) is 6.06. The molecule has 27 heavy (non-hydrogen) atoms. The summed E-state index contributed by atoms with van der Waals surface area (Å²) in [6, 6.07) is 6.87. The number of furan rings is 1. The van der Waals surface area contributed by atoms with Crippen molar-refractivity contribution in [3.05, 3.63) is 46.9 Å². The van der Waals surface area contributed by atoms with Gasteiger partial charge in [0.1, 0.15) is 11.3 Å². The van der Waals surface area contributed by atoms with Crippen molar-refractivity contribution in [1.29, 1.82) is 0 Å². The van der Waals surface area contributed by atoms with Gasteiger partial charge in [-0.2, -0.15) is 0 Å². The molecule has 0 atom stereocenters. The van der Waals surface area contributed by atoms with Gasteiger partial charge < -0.3 is 24.3 Å². The molecule has 2 rings (SSSR count). The van der Waals surface area contributed by atoms with E-state index in [0.717, 1.165) is 5.56 Å². The Hall–Kier alpha value is -2.96. The predicted octanol–water partition coefficient (Wildman–Crippen LogP) is 3.27. The minimum absolute atomic E-state index is 0.00707. The molecule has 7 nitrogen and oxygen atoms in total. The first-order valence-corrected chi connectivity index (χ1v) is 8.60. The van der Waals surface area contributed by atoms with Crippen LogP contribution in [0.2, 0.25) is 0 Å². The average Bonchev–Trinajstić information content (AvgIpc) is 3.10. The predicted molar refractivity (Wildman–Crippen MR) is 100.0 cm³/mol. The van der Waals surface area contributed by atoms with Crippen LogP contribution in [0.25, 0.3) is 0 Å². The van der Waals surface area contributed by atoms with Crippen molar-refractivity contribution < 1.29 is 28.6 Å². The Bertz CT molecular complexity index is 837. The van der Waals surface area contributed by atoms with Crippen LogP contribution < -0.4 is 14.8 Å². The maximum atomic E-state index is 12.4. The second kappa shape index (κ2) is 8.16. The first-order valence-electron chi connectivity index (χ1n) is 8.60. The minimum atomic E-state index is -1.11. The van der Waals surface area contributed by atoms with Gasteiger partial charge >= 0.3 is 5.97 Å². The fourth-order valence-electron chi connectivity index (χ4n) is 2.73. The summed E-state index contributed by atoms with van der Waals surface area (Å²) >= 11 is 0. The fraction of sp³-hybridized carbons (Fsp3) is 0.400. The molecule has 1 heterocycles. The molecule has 0 fully saturated rings. The number of methoxy groups -OCH3 is 2. The molecule has 0 saturated carbocycles. The van der Waals surface area contributed by atoms with Gasteiger partial charge in [0.15, 0.2) is 17.3 Å². The van der Waals surface area contributed by atoms with Gasteiger partial charge in [-0.05, 0) is 17.7 Å². The molecule has 0 aliphatic heterocycles. The number of aromatic carboxylic acids is 1. The van der Waals surface area contributed by atoms with Crippen LogP contribution in [0, 0.1) is 0 Å². The van der Waals surface area contributed by atoms with E-state index in [2.05, 4.69) is 5.32 Å². The zero-order valence-corrected chi connectivity index (χ0v) is 16.2. The maximum absolute atomic E-state index is 12.4. The largest absolute Gasteiger partial charge is 0.493 e. The van der Waals surface area contributed by atoms with E-state index in [-0.39, 0.29) is 17.1 Å². The standard InChI is InChI=1S/C20H25NO6/c1-6-14-13(19(23)24)10-17(27-14)18(22)21-11-20(2,3)12-7-8-15(25-4)16(9-12)26-5/h7-10H,6,11H2,1-5H3,(H,21,22)(H,23,24). The normalized spacial score (nSPS) is 11.1. The van der Waals surface area contributed by atoms with E-state index in [0.29, 0.717) is 24.5 Å². The van der Waals surface area contributed by atoms with Crippen molar-refractivity contribution in [3.63, 3.8) is 0 Å². The van der Waals surface area contributed by atoms with Crippen LogP contribution in [0.4, 0.5) is 0 Å². The Morgan fingerprint density at radius 1 is 1.15 bits per heavy atom. The number of aryl methyl sites for hydroxylation is 1. The molecule has 0 spiro atoms. The minimum Gasteiger partial charge on any atom is -0.493 e. The number of amides is 1. The number of rotatable bonds is 8. The van der Waals surface area contributed by atoms with E-state index in [1.54, 1.807) is 21.1 Å². The van der Waals surface area contributed by atoms with Gasteiger partial charge in [0, 0.05) is 24.4 Å². The number of hydrogen-bond acceptors (Lipinski definition) is 5. The number of benzene rings is 1. The molecule has 0 saturated heterocycles. The fourth-order valence-corrected chi connectivity index (χ4v) is 2.73. The molecule has 0 radical (unpaired) electrons. The molecule has 0 unspecified atom stereocenters. The third-order valence-electron chi connectivity index (χ3n) is 4.44. The molecule has 146 valence electrons. The lowest BCUT2D eigenvalue weighted by atomic mass is 9.84. The molecular weight excluding hydrogens is 350 g/mol. The van der Waals surface area contributed by atoms with Crippen LogP contribution in [0.1, 0.15) is 53.0 Å². The highest BCUT2D eigenvalue weighted by Crippen LogP contribution is 2.33. The van der Waals surface area contributed by atoms with Crippen LogP contribution >= 0.6 is 0 Å². The summed E-state index contributed by atoms with van der Waals surface area (Å²) in [5.74, 6) is -0.0469. The van der Waals surface area contributed by atoms with Crippen LogP contribution in [-0.2, 0) is 11.8 Å². The molecular formula is C20H25NO6. The Morgan fingerprint density at radius 3 is 2.33 bits per heavy atom. The number of carboxylic acid groups (broad SMARTS) is 1. The van der Waals surface area contributed by atoms with Crippen LogP contribution in [0.5, 0.6) is 11.5 Å². The Kier molecular flexibility index (Phi) is 6.15. The van der Waals surface area contributed by atoms with E-state index in [9.17, 15) is 14.7 Å². The summed E-state index contributed by atoms with van der Waals surface area (Å²) in [4.78, 5) is 23.6. The van der Waals surface area contributed by atoms with E-state index < -0.39 is 17.3 Å². The lowest BCUT2D eigenvalue weighted by Crippen LogP contribution is -2.36. The second-order valence-corrected chi connectivity index (χ2v) is 6.74. The molecule has 0 aliphatic carbocycles. The lowest BCUT2D eigenvalue weighted by Gasteiger charge is -2.26. The van der Waals surface area contributed by atoms with Gasteiger partial charge in [0.25, 0.3) is 5.91 Å². The van der Waals surface area contributed by atoms with E-state index in [1.807, 2.05) is 32.0 Å². The number of nitrogens with one attached hydrogen (secondary N) is 1. The highest BCUT2D eigenvalue weighted by molar-refractivity contribution is 5.96. The Balaban J connectivity index is 2.15. The number of hydrogen-bond donors (Lipinski definition) is 2. The zero-order valence-electron chi connectivity index (χ0n) is 16.2.